The predicted molar refractivity (Wildman–Crippen MR) is 63.2 cm³/mol. The highest BCUT2D eigenvalue weighted by molar-refractivity contribution is 5.81. The van der Waals surface area contributed by atoms with Crippen LogP contribution in [0.25, 0.3) is 0 Å². The van der Waals surface area contributed by atoms with Gasteiger partial charge in [0.25, 0.3) is 0 Å². The van der Waals surface area contributed by atoms with Gasteiger partial charge in [0.1, 0.15) is 6.04 Å². The first-order chi connectivity index (χ1) is 8.02. The van der Waals surface area contributed by atoms with E-state index in [0.29, 0.717) is 13.0 Å². The fraction of sp³-hybridized carbons (Fsp3) is 0.364. The Morgan fingerprint density at radius 1 is 1.47 bits per heavy atom. The van der Waals surface area contributed by atoms with Gasteiger partial charge in [-0.05, 0) is 25.0 Å². The van der Waals surface area contributed by atoms with Crippen molar-refractivity contribution in [3.05, 3.63) is 17.9 Å². The second-order valence-electron chi connectivity index (χ2n) is 4.09. The number of anilines is 3. The smallest absolute Gasteiger partial charge is 0.326 e. The maximum atomic E-state index is 13.9. The van der Waals surface area contributed by atoms with E-state index >= 15 is 0 Å². The SMILES string of the molecule is Nc1ccc(N2CCC[C@@H]2C(=O)O)c(F)c1N. The maximum Gasteiger partial charge on any atom is 0.326 e. The Morgan fingerprint density at radius 2 is 2.18 bits per heavy atom. The van der Waals surface area contributed by atoms with Gasteiger partial charge in [-0.3, -0.25) is 0 Å². The van der Waals surface area contributed by atoms with Crippen LogP contribution in [0, 0.1) is 5.82 Å². The Hall–Kier alpha value is -1.98. The standard InChI is InChI=1S/C11H14FN3O2/c12-9-7(4-3-6(13)10(9)14)15-5-1-2-8(15)11(16)17/h3-4,8H,1-2,5,13-14H2,(H,16,17)/t8-/m1/s1. The number of halogens is 1. The van der Waals surface area contributed by atoms with Crippen LogP contribution in [0.1, 0.15) is 12.8 Å². The Labute approximate surface area is 97.8 Å². The van der Waals surface area contributed by atoms with Crippen molar-refractivity contribution in [2.24, 2.45) is 0 Å². The van der Waals surface area contributed by atoms with Gasteiger partial charge in [-0.25, -0.2) is 9.18 Å². The predicted octanol–water partition coefficient (Wildman–Crippen LogP) is 1.04. The number of hydrogen-bond acceptors (Lipinski definition) is 4. The molecule has 0 amide bonds. The lowest BCUT2D eigenvalue weighted by Gasteiger charge is -2.24. The van der Waals surface area contributed by atoms with E-state index in [1.165, 1.54) is 17.0 Å². The molecule has 1 fully saturated rings. The summed E-state index contributed by atoms with van der Waals surface area (Å²) < 4.78 is 13.9. The highest BCUT2D eigenvalue weighted by Gasteiger charge is 2.32. The first kappa shape index (κ1) is 11.5. The summed E-state index contributed by atoms with van der Waals surface area (Å²) in [6, 6.07) is 2.28. The Balaban J connectivity index is 2.40. The molecule has 1 heterocycles. The zero-order valence-electron chi connectivity index (χ0n) is 9.19. The van der Waals surface area contributed by atoms with Crippen molar-refractivity contribution in [3.63, 3.8) is 0 Å². The monoisotopic (exact) mass is 239 g/mol. The number of carbonyl (C=O) groups is 1. The average molecular weight is 239 g/mol. The molecule has 92 valence electrons. The number of carboxylic acids is 1. The first-order valence-corrected chi connectivity index (χ1v) is 5.35. The van der Waals surface area contributed by atoms with E-state index in [0.717, 1.165) is 6.42 Å². The number of aliphatic carboxylic acids is 1. The molecule has 0 unspecified atom stereocenters. The van der Waals surface area contributed by atoms with Gasteiger partial charge in [-0.15, -0.1) is 0 Å². The minimum absolute atomic E-state index is 0.126. The van der Waals surface area contributed by atoms with E-state index in [1.807, 2.05) is 0 Å². The molecule has 0 bridgehead atoms. The molecule has 1 saturated heterocycles. The van der Waals surface area contributed by atoms with Crippen LogP contribution >= 0.6 is 0 Å². The van der Waals surface area contributed by atoms with Gasteiger partial charge in [0.15, 0.2) is 5.82 Å². The third kappa shape index (κ3) is 1.86. The number of nitrogens with zero attached hydrogens (tertiary/aromatic N) is 1. The van der Waals surface area contributed by atoms with Crippen molar-refractivity contribution < 1.29 is 14.3 Å². The summed E-state index contributed by atoms with van der Waals surface area (Å²) in [5, 5.41) is 9.04. The van der Waals surface area contributed by atoms with Gasteiger partial charge < -0.3 is 21.5 Å². The van der Waals surface area contributed by atoms with Gasteiger partial charge in [0.2, 0.25) is 0 Å². The lowest BCUT2D eigenvalue weighted by molar-refractivity contribution is -0.138. The molecular weight excluding hydrogens is 225 g/mol. The molecule has 0 aromatic heterocycles. The summed E-state index contributed by atoms with van der Waals surface area (Å²) >= 11 is 0. The molecule has 1 aromatic rings. The van der Waals surface area contributed by atoms with Gasteiger partial charge in [-0.2, -0.15) is 0 Å². The third-order valence-corrected chi connectivity index (χ3v) is 3.04. The van der Waals surface area contributed by atoms with Crippen LogP contribution in [0.5, 0.6) is 0 Å². The zero-order valence-corrected chi connectivity index (χ0v) is 9.19. The van der Waals surface area contributed by atoms with Crippen molar-refractivity contribution >= 4 is 23.0 Å². The van der Waals surface area contributed by atoms with E-state index < -0.39 is 17.8 Å². The largest absolute Gasteiger partial charge is 0.480 e. The molecule has 1 aliphatic heterocycles. The molecule has 1 atom stereocenters. The highest BCUT2D eigenvalue weighted by Crippen LogP contribution is 2.33. The third-order valence-electron chi connectivity index (χ3n) is 3.04. The fourth-order valence-electron chi connectivity index (χ4n) is 2.13. The summed E-state index contributed by atoms with van der Waals surface area (Å²) in [4.78, 5) is 12.5. The number of rotatable bonds is 2. The van der Waals surface area contributed by atoms with Crippen LogP contribution in [0.15, 0.2) is 12.1 Å². The van der Waals surface area contributed by atoms with Crippen LogP contribution in [0.2, 0.25) is 0 Å². The van der Waals surface area contributed by atoms with E-state index in [1.54, 1.807) is 0 Å². The minimum Gasteiger partial charge on any atom is -0.480 e. The number of hydrogen-bond donors (Lipinski definition) is 3. The molecule has 0 spiro atoms. The molecule has 0 aliphatic carbocycles. The van der Waals surface area contributed by atoms with Crippen molar-refractivity contribution in [3.8, 4) is 0 Å². The van der Waals surface area contributed by atoms with Crippen molar-refractivity contribution in [2.75, 3.05) is 22.9 Å². The topological polar surface area (TPSA) is 92.6 Å². The summed E-state index contributed by atoms with van der Waals surface area (Å²) in [6.45, 7) is 0.511. The number of benzene rings is 1. The summed E-state index contributed by atoms with van der Waals surface area (Å²) in [7, 11) is 0. The quantitative estimate of drug-likeness (QED) is 0.671. The molecule has 17 heavy (non-hydrogen) atoms. The van der Waals surface area contributed by atoms with Gasteiger partial charge >= 0.3 is 5.97 Å². The normalized spacial score (nSPS) is 19.6. The Morgan fingerprint density at radius 3 is 2.82 bits per heavy atom. The van der Waals surface area contributed by atoms with Crippen LogP contribution in [0.3, 0.4) is 0 Å². The van der Waals surface area contributed by atoms with E-state index in [-0.39, 0.29) is 17.1 Å². The Bertz CT molecular complexity index is 464. The van der Waals surface area contributed by atoms with Crippen molar-refractivity contribution in [1.82, 2.24) is 0 Å². The lowest BCUT2D eigenvalue weighted by Crippen LogP contribution is -2.36. The van der Waals surface area contributed by atoms with E-state index in [4.69, 9.17) is 16.6 Å². The maximum absolute atomic E-state index is 13.9. The second kappa shape index (κ2) is 4.12. The molecule has 1 aliphatic rings. The fourth-order valence-corrected chi connectivity index (χ4v) is 2.13. The van der Waals surface area contributed by atoms with Gasteiger partial charge in [0, 0.05) is 6.54 Å². The van der Waals surface area contributed by atoms with Gasteiger partial charge in [0.05, 0.1) is 17.1 Å². The number of nitrogens with two attached hydrogens (primary N) is 2. The molecular formula is C11H14FN3O2. The Kier molecular flexibility index (Phi) is 2.79. The summed E-state index contributed by atoms with van der Waals surface area (Å²) in [6.07, 6.45) is 1.24. The second-order valence-corrected chi connectivity index (χ2v) is 4.09. The summed E-state index contributed by atoms with van der Waals surface area (Å²) in [5.41, 5.74) is 11.2. The highest BCUT2D eigenvalue weighted by atomic mass is 19.1. The molecule has 5 N–H and O–H groups in total. The van der Waals surface area contributed by atoms with Crippen LogP contribution in [-0.4, -0.2) is 23.7 Å². The van der Waals surface area contributed by atoms with Crippen LogP contribution < -0.4 is 16.4 Å². The molecule has 0 saturated carbocycles. The molecule has 5 nitrogen and oxygen atoms in total. The molecule has 1 aromatic carbocycles. The van der Waals surface area contributed by atoms with Crippen LogP contribution in [0.4, 0.5) is 21.5 Å². The zero-order chi connectivity index (χ0) is 12.6. The first-order valence-electron chi connectivity index (χ1n) is 5.35. The number of carboxylic acid groups (broad SMARTS) is 1. The minimum atomic E-state index is -0.947. The molecule has 0 radical (unpaired) electrons. The van der Waals surface area contributed by atoms with Crippen LogP contribution in [-0.2, 0) is 4.79 Å². The van der Waals surface area contributed by atoms with Crippen molar-refractivity contribution in [1.29, 1.82) is 0 Å². The van der Waals surface area contributed by atoms with E-state index in [2.05, 4.69) is 0 Å². The van der Waals surface area contributed by atoms with E-state index in [9.17, 15) is 9.18 Å². The average Bonchev–Trinajstić information content (AvgIpc) is 2.75. The van der Waals surface area contributed by atoms with Crippen molar-refractivity contribution in [2.45, 2.75) is 18.9 Å². The lowest BCUT2D eigenvalue weighted by atomic mass is 10.2. The molecule has 6 heteroatoms. The van der Waals surface area contributed by atoms with Gasteiger partial charge in [-0.1, -0.05) is 0 Å². The molecule has 2 rings (SSSR count). The number of nitrogen functional groups attached to an aromatic ring is 2. The summed E-state index contributed by atoms with van der Waals surface area (Å²) in [5.74, 6) is -1.59.